The van der Waals surface area contributed by atoms with Gasteiger partial charge in [0.05, 0.1) is 6.21 Å². The van der Waals surface area contributed by atoms with Crippen LogP contribution >= 0.6 is 11.6 Å². The normalized spacial score (nSPS) is 10.7. The van der Waals surface area contributed by atoms with E-state index in [1.807, 2.05) is 78.9 Å². The fourth-order valence-electron chi connectivity index (χ4n) is 3.13. The average Bonchev–Trinajstić information content (AvgIpc) is 2.88. The third kappa shape index (κ3) is 6.70. The Morgan fingerprint density at radius 2 is 1.41 bits per heavy atom. The van der Waals surface area contributed by atoms with Crippen LogP contribution in [-0.4, -0.2) is 12.1 Å². The number of para-hydroxylation sites is 1. The number of nitrogens with zero attached hydrogens (tertiary/aromatic N) is 1. The van der Waals surface area contributed by atoms with Crippen LogP contribution in [0, 0.1) is 0 Å². The molecule has 4 aromatic rings. The van der Waals surface area contributed by atoms with E-state index < -0.39 is 0 Å². The molecule has 0 aliphatic heterocycles. The average molecular weight is 471 g/mol. The number of carbonyl (C=O) groups excluding carboxylic acids is 1. The van der Waals surface area contributed by atoms with Crippen molar-refractivity contribution in [3.8, 4) is 11.5 Å². The predicted octanol–water partition coefficient (Wildman–Crippen LogP) is 6.26. The lowest BCUT2D eigenvalue weighted by atomic mass is 10.2. The van der Waals surface area contributed by atoms with Crippen LogP contribution in [0.1, 0.15) is 27.0 Å². The monoisotopic (exact) mass is 470 g/mol. The molecular weight excluding hydrogens is 448 g/mol. The molecule has 0 heterocycles. The molecule has 0 radical (unpaired) electrons. The highest BCUT2D eigenvalue weighted by Crippen LogP contribution is 2.18. The van der Waals surface area contributed by atoms with Gasteiger partial charge in [0.2, 0.25) is 0 Å². The first-order valence-corrected chi connectivity index (χ1v) is 11.1. The van der Waals surface area contributed by atoms with E-state index in [1.54, 1.807) is 30.5 Å². The maximum Gasteiger partial charge on any atom is 0.271 e. The number of rotatable bonds is 9. The zero-order valence-electron chi connectivity index (χ0n) is 18.4. The molecule has 6 heteroatoms. The standard InChI is InChI=1S/C28H23ClN2O3/c29-25-14-10-22(11-15-25)19-33-26-16-12-23(13-17-26)28(32)31-30-18-24-8-4-5-9-27(24)34-20-21-6-2-1-3-7-21/h1-18H,19-20H2,(H,31,32)/b30-18+. The van der Waals surface area contributed by atoms with Gasteiger partial charge in [0.1, 0.15) is 24.7 Å². The Labute approximate surface area is 203 Å². The summed E-state index contributed by atoms with van der Waals surface area (Å²) < 4.78 is 11.7. The van der Waals surface area contributed by atoms with E-state index in [4.69, 9.17) is 21.1 Å². The second kappa shape index (κ2) is 11.7. The number of amides is 1. The molecule has 1 N–H and O–H groups in total. The highest BCUT2D eigenvalue weighted by molar-refractivity contribution is 6.30. The van der Waals surface area contributed by atoms with Crippen molar-refractivity contribution in [2.75, 3.05) is 0 Å². The minimum atomic E-state index is -0.316. The molecule has 0 aromatic heterocycles. The zero-order valence-corrected chi connectivity index (χ0v) is 19.1. The topological polar surface area (TPSA) is 59.9 Å². The number of carbonyl (C=O) groups is 1. The van der Waals surface area contributed by atoms with Crippen LogP contribution in [0.4, 0.5) is 0 Å². The van der Waals surface area contributed by atoms with Gasteiger partial charge in [-0.05, 0) is 59.7 Å². The summed E-state index contributed by atoms with van der Waals surface area (Å²) in [5, 5.41) is 4.78. The highest BCUT2D eigenvalue weighted by Gasteiger charge is 2.06. The van der Waals surface area contributed by atoms with Crippen molar-refractivity contribution in [2.24, 2.45) is 5.10 Å². The second-order valence-corrected chi connectivity index (χ2v) is 7.89. The van der Waals surface area contributed by atoms with Crippen molar-refractivity contribution in [3.63, 3.8) is 0 Å². The molecule has 34 heavy (non-hydrogen) atoms. The van der Waals surface area contributed by atoms with Crippen LogP contribution in [0.3, 0.4) is 0 Å². The first-order valence-electron chi connectivity index (χ1n) is 10.7. The van der Waals surface area contributed by atoms with Gasteiger partial charge in [-0.2, -0.15) is 5.10 Å². The van der Waals surface area contributed by atoms with Gasteiger partial charge in [0.25, 0.3) is 5.91 Å². The van der Waals surface area contributed by atoms with Gasteiger partial charge >= 0.3 is 0 Å². The van der Waals surface area contributed by atoms with E-state index >= 15 is 0 Å². The molecule has 0 atom stereocenters. The van der Waals surface area contributed by atoms with Gasteiger partial charge in [-0.1, -0.05) is 66.2 Å². The molecule has 0 aliphatic carbocycles. The first kappa shape index (κ1) is 23.1. The van der Waals surface area contributed by atoms with E-state index in [9.17, 15) is 4.79 Å². The number of halogens is 1. The van der Waals surface area contributed by atoms with Crippen LogP contribution < -0.4 is 14.9 Å². The molecule has 0 aliphatic rings. The fourth-order valence-corrected chi connectivity index (χ4v) is 3.25. The van der Waals surface area contributed by atoms with E-state index in [2.05, 4.69) is 10.5 Å². The predicted molar refractivity (Wildman–Crippen MR) is 135 cm³/mol. The third-order valence-corrected chi connectivity index (χ3v) is 5.21. The number of hydrogen-bond donors (Lipinski definition) is 1. The van der Waals surface area contributed by atoms with Crippen molar-refractivity contribution in [1.82, 2.24) is 5.43 Å². The summed E-state index contributed by atoms with van der Waals surface area (Å²) in [6.45, 7) is 0.864. The molecule has 4 aromatic carbocycles. The molecule has 0 bridgehead atoms. The molecule has 4 rings (SSSR count). The van der Waals surface area contributed by atoms with Crippen molar-refractivity contribution in [2.45, 2.75) is 13.2 Å². The van der Waals surface area contributed by atoms with E-state index in [1.165, 1.54) is 0 Å². The molecule has 0 fully saturated rings. The molecule has 170 valence electrons. The highest BCUT2D eigenvalue weighted by atomic mass is 35.5. The minimum Gasteiger partial charge on any atom is -0.489 e. The molecule has 0 saturated carbocycles. The Morgan fingerprint density at radius 1 is 0.765 bits per heavy atom. The lowest BCUT2D eigenvalue weighted by Crippen LogP contribution is -2.17. The molecule has 0 saturated heterocycles. The quantitative estimate of drug-likeness (QED) is 0.232. The molecule has 0 spiro atoms. The Balaban J connectivity index is 1.30. The summed E-state index contributed by atoms with van der Waals surface area (Å²) in [4.78, 5) is 12.4. The summed E-state index contributed by atoms with van der Waals surface area (Å²) in [5.74, 6) is 1.04. The second-order valence-electron chi connectivity index (χ2n) is 7.45. The third-order valence-electron chi connectivity index (χ3n) is 4.96. The summed E-state index contributed by atoms with van der Waals surface area (Å²) >= 11 is 5.90. The maximum absolute atomic E-state index is 12.4. The summed E-state index contributed by atoms with van der Waals surface area (Å²) in [6.07, 6.45) is 1.57. The Hall–Kier alpha value is -4.09. The van der Waals surface area contributed by atoms with Crippen LogP contribution in [0.25, 0.3) is 0 Å². The van der Waals surface area contributed by atoms with Gasteiger partial charge in [-0.25, -0.2) is 5.43 Å². The molecule has 1 amide bonds. The molecule has 5 nitrogen and oxygen atoms in total. The number of benzene rings is 4. The van der Waals surface area contributed by atoms with Crippen molar-refractivity contribution >= 4 is 23.7 Å². The first-order chi connectivity index (χ1) is 16.7. The van der Waals surface area contributed by atoms with E-state index in [0.717, 1.165) is 16.7 Å². The summed E-state index contributed by atoms with van der Waals surface area (Å²) in [6, 6.07) is 31.8. The van der Waals surface area contributed by atoms with Gasteiger partial charge in [0.15, 0.2) is 0 Å². The lowest BCUT2D eigenvalue weighted by molar-refractivity contribution is 0.0955. The van der Waals surface area contributed by atoms with Gasteiger partial charge in [0, 0.05) is 16.1 Å². The molecule has 0 unspecified atom stereocenters. The van der Waals surface area contributed by atoms with Gasteiger partial charge < -0.3 is 9.47 Å². The van der Waals surface area contributed by atoms with Crippen LogP contribution in [0.5, 0.6) is 11.5 Å². The Bertz CT molecular complexity index is 1240. The maximum atomic E-state index is 12.4. The minimum absolute atomic E-state index is 0.316. The van der Waals surface area contributed by atoms with Crippen LogP contribution in [0.15, 0.2) is 108 Å². The summed E-state index contributed by atoms with van der Waals surface area (Å²) in [7, 11) is 0. The van der Waals surface area contributed by atoms with Crippen molar-refractivity contribution in [1.29, 1.82) is 0 Å². The van der Waals surface area contributed by atoms with E-state index in [-0.39, 0.29) is 5.91 Å². The van der Waals surface area contributed by atoms with Gasteiger partial charge in [-0.3, -0.25) is 4.79 Å². The molecular formula is C28H23ClN2O3. The van der Waals surface area contributed by atoms with Crippen LogP contribution in [0.2, 0.25) is 5.02 Å². The van der Waals surface area contributed by atoms with Gasteiger partial charge in [-0.15, -0.1) is 0 Å². The Kier molecular flexibility index (Phi) is 7.93. The fraction of sp³-hybridized carbons (Fsp3) is 0.0714. The number of hydrogen-bond acceptors (Lipinski definition) is 4. The van der Waals surface area contributed by atoms with Crippen molar-refractivity contribution in [3.05, 3.63) is 130 Å². The smallest absolute Gasteiger partial charge is 0.271 e. The van der Waals surface area contributed by atoms with Crippen LogP contribution in [-0.2, 0) is 13.2 Å². The zero-order chi connectivity index (χ0) is 23.6. The number of ether oxygens (including phenoxy) is 2. The van der Waals surface area contributed by atoms with Crippen molar-refractivity contribution < 1.29 is 14.3 Å². The Morgan fingerprint density at radius 3 is 2.18 bits per heavy atom. The largest absolute Gasteiger partial charge is 0.489 e. The number of hydrazone groups is 1. The lowest BCUT2D eigenvalue weighted by Gasteiger charge is -2.09. The van der Waals surface area contributed by atoms with E-state index in [0.29, 0.717) is 35.3 Å². The SMILES string of the molecule is O=C(N/N=C/c1ccccc1OCc1ccccc1)c1ccc(OCc2ccc(Cl)cc2)cc1. The number of nitrogens with one attached hydrogen (secondary N) is 1. The summed E-state index contributed by atoms with van der Waals surface area (Å²) in [5.41, 5.74) is 5.88.